The molecule has 1 atom stereocenters. The number of esters is 1. The molecule has 0 fully saturated rings. The van der Waals surface area contributed by atoms with E-state index in [0.717, 1.165) is 23.6 Å². The van der Waals surface area contributed by atoms with E-state index >= 15 is 0 Å². The Morgan fingerprint density at radius 3 is 2.41 bits per heavy atom. The zero-order chi connectivity index (χ0) is 20.6. The lowest BCUT2D eigenvalue weighted by molar-refractivity contribution is -0.122. The second-order valence-electron chi connectivity index (χ2n) is 6.83. The number of amides is 1. The number of benzene rings is 3. The summed E-state index contributed by atoms with van der Waals surface area (Å²) in [7, 11) is 0. The van der Waals surface area contributed by atoms with Crippen LogP contribution in [0.25, 0.3) is 10.8 Å². The summed E-state index contributed by atoms with van der Waals surface area (Å²) in [6.45, 7) is 4.15. The van der Waals surface area contributed by atoms with Gasteiger partial charge in [0.25, 0.3) is 5.91 Å². The topological polar surface area (TPSA) is 64.6 Å². The maximum atomic E-state index is 12.4. The molecule has 0 aliphatic heterocycles. The van der Waals surface area contributed by atoms with Crippen LogP contribution >= 0.6 is 0 Å². The monoisotopic (exact) mass is 391 g/mol. The predicted octanol–water partition coefficient (Wildman–Crippen LogP) is 5.20. The van der Waals surface area contributed by atoms with Gasteiger partial charge in [-0.2, -0.15) is 0 Å². The Balaban J connectivity index is 1.56. The van der Waals surface area contributed by atoms with Crippen molar-refractivity contribution < 1.29 is 19.1 Å². The van der Waals surface area contributed by atoms with Crippen LogP contribution in [0.1, 0.15) is 37.0 Å². The van der Waals surface area contributed by atoms with Crippen LogP contribution in [0.4, 0.5) is 5.69 Å². The third kappa shape index (κ3) is 5.57. The van der Waals surface area contributed by atoms with E-state index in [2.05, 4.69) is 5.32 Å². The number of unbranched alkanes of at least 4 members (excludes halogenated alkanes) is 1. The minimum absolute atomic E-state index is 0.267. The van der Waals surface area contributed by atoms with Gasteiger partial charge in [-0.05, 0) is 60.5 Å². The van der Waals surface area contributed by atoms with Crippen LogP contribution in [0.5, 0.6) is 5.75 Å². The highest BCUT2D eigenvalue weighted by molar-refractivity contribution is 5.95. The van der Waals surface area contributed by atoms with Crippen molar-refractivity contribution >= 4 is 28.3 Å². The van der Waals surface area contributed by atoms with Gasteiger partial charge in [0, 0.05) is 5.69 Å². The lowest BCUT2D eigenvalue weighted by Crippen LogP contribution is -2.30. The predicted molar refractivity (Wildman–Crippen MR) is 114 cm³/mol. The molecule has 1 N–H and O–H groups in total. The van der Waals surface area contributed by atoms with Crippen LogP contribution in [0.15, 0.2) is 66.7 Å². The van der Waals surface area contributed by atoms with E-state index in [-0.39, 0.29) is 11.9 Å². The lowest BCUT2D eigenvalue weighted by Gasteiger charge is -2.15. The first kappa shape index (κ1) is 20.4. The molecule has 0 aliphatic rings. The van der Waals surface area contributed by atoms with E-state index in [0.29, 0.717) is 23.6 Å². The number of hydrogen-bond acceptors (Lipinski definition) is 4. The highest BCUT2D eigenvalue weighted by Gasteiger charge is 2.15. The Morgan fingerprint density at radius 2 is 1.69 bits per heavy atom. The number of anilines is 1. The molecule has 0 saturated heterocycles. The molecule has 0 saturated carbocycles. The molecule has 0 spiro atoms. The number of carbonyl (C=O) groups is 2. The summed E-state index contributed by atoms with van der Waals surface area (Å²) in [4.78, 5) is 24.4. The van der Waals surface area contributed by atoms with Crippen LogP contribution in [-0.4, -0.2) is 24.6 Å². The highest BCUT2D eigenvalue weighted by atomic mass is 16.5. The first-order chi connectivity index (χ1) is 14.1. The fourth-order valence-corrected chi connectivity index (χ4v) is 2.82. The molecule has 3 aromatic carbocycles. The van der Waals surface area contributed by atoms with Crippen molar-refractivity contribution in [2.24, 2.45) is 0 Å². The van der Waals surface area contributed by atoms with E-state index in [9.17, 15) is 9.59 Å². The molecule has 29 heavy (non-hydrogen) atoms. The van der Waals surface area contributed by atoms with Gasteiger partial charge in [-0.15, -0.1) is 0 Å². The van der Waals surface area contributed by atoms with Gasteiger partial charge in [-0.1, -0.05) is 43.7 Å². The van der Waals surface area contributed by atoms with Gasteiger partial charge < -0.3 is 14.8 Å². The Bertz CT molecular complexity index is 982. The summed E-state index contributed by atoms with van der Waals surface area (Å²) >= 11 is 0. The molecule has 0 aromatic heterocycles. The number of fused-ring (bicyclic) bond motifs is 1. The van der Waals surface area contributed by atoms with E-state index in [1.807, 2.05) is 49.4 Å². The van der Waals surface area contributed by atoms with Crippen molar-refractivity contribution in [3.63, 3.8) is 0 Å². The quantitative estimate of drug-likeness (QED) is 0.423. The fourth-order valence-electron chi connectivity index (χ4n) is 2.82. The fraction of sp³-hybridized carbons (Fsp3) is 0.250. The van der Waals surface area contributed by atoms with Crippen LogP contribution in [0.2, 0.25) is 0 Å². The number of ether oxygens (including phenoxy) is 2. The van der Waals surface area contributed by atoms with Crippen molar-refractivity contribution in [2.75, 3.05) is 11.9 Å². The van der Waals surface area contributed by atoms with E-state index in [4.69, 9.17) is 9.47 Å². The standard InChI is InChI=1S/C24H25NO4/c1-3-4-15-28-24(27)19-9-12-21(13-10-19)25-23(26)17(2)29-22-14-11-18-7-5-6-8-20(18)16-22/h5-14,16-17H,3-4,15H2,1-2H3,(H,25,26). The Morgan fingerprint density at radius 1 is 0.966 bits per heavy atom. The highest BCUT2D eigenvalue weighted by Crippen LogP contribution is 2.22. The largest absolute Gasteiger partial charge is 0.481 e. The van der Waals surface area contributed by atoms with Gasteiger partial charge >= 0.3 is 5.97 Å². The molecule has 1 unspecified atom stereocenters. The molecule has 3 rings (SSSR count). The minimum atomic E-state index is -0.671. The molecule has 0 bridgehead atoms. The zero-order valence-electron chi connectivity index (χ0n) is 16.7. The maximum Gasteiger partial charge on any atom is 0.338 e. The Labute approximate surface area is 170 Å². The van der Waals surface area contributed by atoms with Crippen LogP contribution in [-0.2, 0) is 9.53 Å². The minimum Gasteiger partial charge on any atom is -0.481 e. The van der Waals surface area contributed by atoms with Gasteiger partial charge in [0.1, 0.15) is 5.75 Å². The molecule has 1 amide bonds. The van der Waals surface area contributed by atoms with Gasteiger partial charge in [0.15, 0.2) is 6.10 Å². The van der Waals surface area contributed by atoms with Crippen LogP contribution in [0, 0.1) is 0 Å². The summed E-state index contributed by atoms with van der Waals surface area (Å²) in [5.74, 6) is 0.0114. The SMILES string of the molecule is CCCCOC(=O)c1ccc(NC(=O)C(C)Oc2ccc3ccccc3c2)cc1. The molecular weight excluding hydrogens is 366 g/mol. The molecule has 0 aliphatic carbocycles. The van der Waals surface area contributed by atoms with Gasteiger partial charge in [0.05, 0.1) is 12.2 Å². The van der Waals surface area contributed by atoms with Crippen molar-refractivity contribution in [1.29, 1.82) is 0 Å². The normalized spacial score (nSPS) is 11.7. The van der Waals surface area contributed by atoms with Crippen molar-refractivity contribution in [3.05, 3.63) is 72.3 Å². The second kappa shape index (κ2) is 9.73. The van der Waals surface area contributed by atoms with Gasteiger partial charge in [-0.25, -0.2) is 4.79 Å². The maximum absolute atomic E-state index is 12.4. The van der Waals surface area contributed by atoms with Crippen molar-refractivity contribution in [2.45, 2.75) is 32.8 Å². The first-order valence-corrected chi connectivity index (χ1v) is 9.80. The molecule has 0 heterocycles. The van der Waals surface area contributed by atoms with Crippen LogP contribution in [0.3, 0.4) is 0 Å². The molecule has 5 heteroatoms. The van der Waals surface area contributed by atoms with Crippen molar-refractivity contribution in [3.8, 4) is 5.75 Å². The zero-order valence-corrected chi connectivity index (χ0v) is 16.7. The molecular formula is C24H25NO4. The summed E-state index contributed by atoms with van der Waals surface area (Å²) in [6, 6.07) is 20.3. The number of rotatable bonds is 8. The number of hydrogen-bond donors (Lipinski definition) is 1. The molecule has 0 radical (unpaired) electrons. The Kier molecular flexibility index (Phi) is 6.85. The summed E-state index contributed by atoms with van der Waals surface area (Å²) in [5.41, 5.74) is 1.05. The number of carbonyl (C=O) groups excluding carboxylic acids is 2. The average molecular weight is 391 g/mol. The number of nitrogens with one attached hydrogen (secondary N) is 1. The second-order valence-corrected chi connectivity index (χ2v) is 6.83. The summed E-state index contributed by atoms with van der Waals surface area (Å²) < 4.78 is 11.0. The third-order valence-corrected chi connectivity index (χ3v) is 4.52. The average Bonchev–Trinajstić information content (AvgIpc) is 2.74. The molecule has 3 aromatic rings. The van der Waals surface area contributed by atoms with Gasteiger partial charge in [-0.3, -0.25) is 4.79 Å². The van der Waals surface area contributed by atoms with Crippen molar-refractivity contribution in [1.82, 2.24) is 0 Å². The molecule has 5 nitrogen and oxygen atoms in total. The summed E-state index contributed by atoms with van der Waals surface area (Å²) in [6.07, 6.45) is 1.14. The van der Waals surface area contributed by atoms with E-state index in [1.165, 1.54) is 0 Å². The lowest BCUT2D eigenvalue weighted by atomic mass is 10.1. The first-order valence-electron chi connectivity index (χ1n) is 9.80. The van der Waals surface area contributed by atoms with Gasteiger partial charge in [0.2, 0.25) is 0 Å². The third-order valence-electron chi connectivity index (χ3n) is 4.52. The van der Waals surface area contributed by atoms with E-state index < -0.39 is 6.10 Å². The summed E-state index contributed by atoms with van der Waals surface area (Å²) in [5, 5.41) is 4.97. The smallest absolute Gasteiger partial charge is 0.338 e. The van der Waals surface area contributed by atoms with Crippen LogP contribution < -0.4 is 10.1 Å². The van der Waals surface area contributed by atoms with E-state index in [1.54, 1.807) is 31.2 Å². The molecule has 150 valence electrons. The Hall–Kier alpha value is -3.34.